The molecule has 0 aliphatic heterocycles. The van der Waals surface area contributed by atoms with Crippen molar-refractivity contribution < 1.29 is 13.2 Å². The quantitative estimate of drug-likeness (QED) is 0.922. The van der Waals surface area contributed by atoms with E-state index in [9.17, 15) is 8.42 Å². The Labute approximate surface area is 125 Å². The first kappa shape index (κ1) is 15.3. The SMILES string of the molecule is CCOc1cc(C)c(C)cc1S(=O)(=O)Nc1cccnc1. The van der Waals surface area contributed by atoms with Crippen LogP contribution in [0.2, 0.25) is 0 Å². The number of sulfonamides is 1. The van der Waals surface area contributed by atoms with Crippen molar-refractivity contribution in [2.75, 3.05) is 11.3 Å². The summed E-state index contributed by atoms with van der Waals surface area (Å²) < 4.78 is 33.1. The topological polar surface area (TPSA) is 68.3 Å². The molecule has 0 atom stereocenters. The highest BCUT2D eigenvalue weighted by Gasteiger charge is 2.21. The summed E-state index contributed by atoms with van der Waals surface area (Å²) in [6.45, 7) is 6.01. The number of anilines is 1. The van der Waals surface area contributed by atoms with Gasteiger partial charge in [0.2, 0.25) is 0 Å². The zero-order valence-corrected chi connectivity index (χ0v) is 13.1. The maximum Gasteiger partial charge on any atom is 0.265 e. The van der Waals surface area contributed by atoms with Gasteiger partial charge in [-0.15, -0.1) is 0 Å². The van der Waals surface area contributed by atoms with E-state index < -0.39 is 10.0 Å². The van der Waals surface area contributed by atoms with Crippen LogP contribution in [-0.2, 0) is 10.0 Å². The lowest BCUT2D eigenvalue weighted by Crippen LogP contribution is -2.15. The molecule has 112 valence electrons. The van der Waals surface area contributed by atoms with Crippen LogP contribution in [0, 0.1) is 13.8 Å². The summed E-state index contributed by atoms with van der Waals surface area (Å²) in [5.74, 6) is 0.358. The van der Waals surface area contributed by atoms with E-state index in [0.29, 0.717) is 18.0 Å². The Balaban J connectivity index is 2.46. The van der Waals surface area contributed by atoms with Crippen molar-refractivity contribution >= 4 is 15.7 Å². The molecule has 0 bridgehead atoms. The van der Waals surface area contributed by atoms with Crippen LogP contribution < -0.4 is 9.46 Å². The average molecular weight is 306 g/mol. The highest BCUT2D eigenvalue weighted by Crippen LogP contribution is 2.29. The summed E-state index contributed by atoms with van der Waals surface area (Å²) in [4.78, 5) is 4.03. The number of nitrogens with zero attached hydrogens (tertiary/aromatic N) is 1. The largest absolute Gasteiger partial charge is 0.492 e. The summed E-state index contributed by atoms with van der Waals surface area (Å²) in [6.07, 6.45) is 3.04. The molecule has 6 heteroatoms. The Kier molecular flexibility index (Phi) is 4.47. The number of aromatic nitrogens is 1. The molecule has 1 N–H and O–H groups in total. The minimum absolute atomic E-state index is 0.135. The van der Waals surface area contributed by atoms with E-state index in [1.165, 1.54) is 6.20 Å². The van der Waals surface area contributed by atoms with Crippen molar-refractivity contribution in [2.24, 2.45) is 0 Å². The van der Waals surface area contributed by atoms with E-state index in [1.807, 2.05) is 20.8 Å². The van der Waals surface area contributed by atoms with Crippen molar-refractivity contribution in [1.82, 2.24) is 4.98 Å². The molecule has 0 spiro atoms. The maximum absolute atomic E-state index is 12.5. The van der Waals surface area contributed by atoms with Crippen molar-refractivity contribution in [1.29, 1.82) is 0 Å². The molecular formula is C15H18N2O3S. The zero-order chi connectivity index (χ0) is 15.5. The molecule has 5 nitrogen and oxygen atoms in total. The molecule has 21 heavy (non-hydrogen) atoms. The van der Waals surface area contributed by atoms with Gasteiger partial charge < -0.3 is 4.74 Å². The smallest absolute Gasteiger partial charge is 0.265 e. The molecule has 0 fully saturated rings. The predicted octanol–water partition coefficient (Wildman–Crippen LogP) is 2.90. The number of benzene rings is 1. The molecule has 2 rings (SSSR count). The monoisotopic (exact) mass is 306 g/mol. The van der Waals surface area contributed by atoms with E-state index in [1.54, 1.807) is 30.5 Å². The second-order valence-corrected chi connectivity index (χ2v) is 6.31. The Hall–Kier alpha value is -2.08. The van der Waals surface area contributed by atoms with Gasteiger partial charge in [-0.3, -0.25) is 9.71 Å². The first-order chi connectivity index (χ1) is 9.94. The summed E-state index contributed by atoms with van der Waals surface area (Å²) in [5, 5.41) is 0. The molecule has 0 aliphatic rings. The lowest BCUT2D eigenvalue weighted by molar-refractivity contribution is 0.331. The summed E-state index contributed by atoms with van der Waals surface area (Å²) in [6, 6.07) is 6.68. The van der Waals surface area contributed by atoms with Crippen LogP contribution in [0.1, 0.15) is 18.1 Å². The molecule has 0 amide bonds. The van der Waals surface area contributed by atoms with Gasteiger partial charge in [0.25, 0.3) is 10.0 Å². The van der Waals surface area contributed by atoms with Crippen LogP contribution >= 0.6 is 0 Å². The highest BCUT2D eigenvalue weighted by atomic mass is 32.2. The molecule has 0 saturated heterocycles. The molecular weight excluding hydrogens is 288 g/mol. The van der Waals surface area contributed by atoms with E-state index in [-0.39, 0.29) is 4.90 Å². The van der Waals surface area contributed by atoms with Crippen LogP contribution in [-0.4, -0.2) is 20.0 Å². The van der Waals surface area contributed by atoms with Crippen LogP contribution in [0.4, 0.5) is 5.69 Å². The van der Waals surface area contributed by atoms with Crippen LogP contribution in [0.5, 0.6) is 5.75 Å². The Morgan fingerprint density at radius 3 is 2.57 bits per heavy atom. The van der Waals surface area contributed by atoms with Gasteiger partial charge in [-0.1, -0.05) is 0 Å². The molecule has 2 aromatic rings. The number of aryl methyl sites for hydroxylation is 2. The van der Waals surface area contributed by atoms with Gasteiger partial charge in [0.1, 0.15) is 10.6 Å². The van der Waals surface area contributed by atoms with Crippen LogP contribution in [0.3, 0.4) is 0 Å². The lowest BCUT2D eigenvalue weighted by atomic mass is 10.1. The summed E-state index contributed by atoms with van der Waals surface area (Å²) in [7, 11) is -3.72. The number of nitrogens with one attached hydrogen (secondary N) is 1. The minimum Gasteiger partial charge on any atom is -0.492 e. The molecule has 1 aromatic carbocycles. The van der Waals surface area contributed by atoms with Gasteiger partial charge in [0, 0.05) is 6.20 Å². The van der Waals surface area contributed by atoms with Gasteiger partial charge in [-0.05, 0) is 56.2 Å². The van der Waals surface area contributed by atoms with E-state index in [4.69, 9.17) is 4.74 Å². The molecule has 0 unspecified atom stereocenters. The minimum atomic E-state index is -3.72. The summed E-state index contributed by atoms with van der Waals surface area (Å²) in [5.41, 5.74) is 2.29. The second kappa shape index (κ2) is 6.13. The number of hydrogen-bond acceptors (Lipinski definition) is 4. The van der Waals surface area contributed by atoms with E-state index >= 15 is 0 Å². The van der Waals surface area contributed by atoms with Crippen molar-refractivity contribution in [3.63, 3.8) is 0 Å². The molecule has 1 heterocycles. The third-order valence-electron chi connectivity index (χ3n) is 3.06. The van der Waals surface area contributed by atoms with Crippen molar-refractivity contribution in [2.45, 2.75) is 25.7 Å². The van der Waals surface area contributed by atoms with E-state index in [2.05, 4.69) is 9.71 Å². The van der Waals surface area contributed by atoms with Gasteiger partial charge in [0.05, 0.1) is 18.5 Å². The Morgan fingerprint density at radius 2 is 1.95 bits per heavy atom. The number of rotatable bonds is 5. The fourth-order valence-electron chi connectivity index (χ4n) is 1.87. The maximum atomic E-state index is 12.5. The third-order valence-corrected chi connectivity index (χ3v) is 4.47. The molecule has 0 saturated carbocycles. The van der Waals surface area contributed by atoms with E-state index in [0.717, 1.165) is 11.1 Å². The number of pyridine rings is 1. The molecule has 0 radical (unpaired) electrons. The van der Waals surface area contributed by atoms with Gasteiger partial charge >= 0.3 is 0 Å². The van der Waals surface area contributed by atoms with Crippen molar-refractivity contribution in [3.8, 4) is 5.75 Å². The lowest BCUT2D eigenvalue weighted by Gasteiger charge is -2.14. The predicted molar refractivity (Wildman–Crippen MR) is 82.1 cm³/mol. The molecule has 1 aromatic heterocycles. The Bertz CT molecular complexity index is 728. The average Bonchev–Trinajstić information content (AvgIpc) is 2.43. The first-order valence-corrected chi connectivity index (χ1v) is 8.09. The zero-order valence-electron chi connectivity index (χ0n) is 12.3. The summed E-state index contributed by atoms with van der Waals surface area (Å²) >= 11 is 0. The standard InChI is InChI=1S/C15H18N2O3S/c1-4-20-14-8-11(2)12(3)9-15(14)21(18,19)17-13-6-5-7-16-10-13/h5-10,17H,4H2,1-3H3. The van der Waals surface area contributed by atoms with Crippen LogP contribution in [0.25, 0.3) is 0 Å². The third kappa shape index (κ3) is 3.52. The normalized spacial score (nSPS) is 11.2. The number of hydrogen-bond donors (Lipinski definition) is 1. The van der Waals surface area contributed by atoms with Crippen LogP contribution in [0.15, 0.2) is 41.6 Å². The van der Waals surface area contributed by atoms with Gasteiger partial charge in [-0.25, -0.2) is 8.42 Å². The van der Waals surface area contributed by atoms with Gasteiger partial charge in [0.15, 0.2) is 0 Å². The van der Waals surface area contributed by atoms with Crippen molar-refractivity contribution in [3.05, 3.63) is 47.8 Å². The Morgan fingerprint density at radius 1 is 1.24 bits per heavy atom. The second-order valence-electron chi connectivity index (χ2n) is 4.66. The fourth-order valence-corrected chi connectivity index (χ4v) is 3.13. The first-order valence-electron chi connectivity index (χ1n) is 6.61. The fraction of sp³-hybridized carbons (Fsp3) is 0.267. The molecule has 0 aliphatic carbocycles. The highest BCUT2D eigenvalue weighted by molar-refractivity contribution is 7.92. The van der Waals surface area contributed by atoms with Gasteiger partial charge in [-0.2, -0.15) is 0 Å². The number of ether oxygens (including phenoxy) is 1.